The van der Waals surface area contributed by atoms with Gasteiger partial charge in [-0.15, -0.1) is 0 Å². The Balaban J connectivity index is 1.84. The molecule has 3 rings (SSSR count). The lowest BCUT2D eigenvalue weighted by molar-refractivity contribution is 1.30. The Bertz CT molecular complexity index is 740. The fraction of sp³-hybridized carbons (Fsp3) is 0. The number of nitrogens with one attached hydrogen (secondary N) is 1. The van der Waals surface area contributed by atoms with Crippen LogP contribution in [0.5, 0.6) is 0 Å². The van der Waals surface area contributed by atoms with Crippen molar-refractivity contribution in [1.29, 1.82) is 5.26 Å². The Labute approximate surface area is 121 Å². The van der Waals surface area contributed by atoms with Gasteiger partial charge in [0.15, 0.2) is 0 Å². The van der Waals surface area contributed by atoms with Crippen LogP contribution in [0.25, 0.3) is 11.1 Å². The lowest BCUT2D eigenvalue weighted by Gasteiger charge is -2.08. The SMILES string of the molecule is N#Cc1cnccc1Nc1ccc(-c2ccsc2)cc1. The predicted octanol–water partition coefficient (Wildman–Crippen LogP) is 4.43. The van der Waals surface area contributed by atoms with Crippen molar-refractivity contribution in [2.45, 2.75) is 0 Å². The fourth-order valence-electron chi connectivity index (χ4n) is 1.92. The third-order valence-electron chi connectivity index (χ3n) is 2.96. The summed E-state index contributed by atoms with van der Waals surface area (Å²) in [6.07, 6.45) is 3.23. The van der Waals surface area contributed by atoms with Gasteiger partial charge in [0.05, 0.1) is 11.3 Å². The minimum Gasteiger partial charge on any atom is -0.354 e. The smallest absolute Gasteiger partial charge is 0.103 e. The van der Waals surface area contributed by atoms with E-state index < -0.39 is 0 Å². The van der Waals surface area contributed by atoms with E-state index in [9.17, 15) is 0 Å². The first-order valence-corrected chi connectivity index (χ1v) is 7.05. The average molecular weight is 277 g/mol. The summed E-state index contributed by atoms with van der Waals surface area (Å²) in [5.74, 6) is 0. The molecule has 0 spiro atoms. The molecule has 20 heavy (non-hydrogen) atoms. The summed E-state index contributed by atoms with van der Waals surface area (Å²) in [7, 11) is 0. The molecule has 4 heteroatoms. The molecular weight excluding hydrogens is 266 g/mol. The van der Waals surface area contributed by atoms with Gasteiger partial charge >= 0.3 is 0 Å². The highest BCUT2D eigenvalue weighted by Gasteiger charge is 2.02. The summed E-state index contributed by atoms with van der Waals surface area (Å²) < 4.78 is 0. The van der Waals surface area contributed by atoms with E-state index in [0.29, 0.717) is 5.56 Å². The van der Waals surface area contributed by atoms with E-state index in [1.807, 2.05) is 12.1 Å². The first-order chi connectivity index (χ1) is 9.86. The number of anilines is 2. The molecule has 0 unspecified atom stereocenters. The maximum atomic E-state index is 9.04. The molecule has 96 valence electrons. The van der Waals surface area contributed by atoms with E-state index in [1.165, 1.54) is 11.1 Å². The molecule has 0 aliphatic rings. The monoisotopic (exact) mass is 277 g/mol. The Hall–Kier alpha value is -2.64. The van der Waals surface area contributed by atoms with Crippen LogP contribution in [0.3, 0.4) is 0 Å². The maximum Gasteiger partial charge on any atom is 0.103 e. The van der Waals surface area contributed by atoms with Gasteiger partial charge in [-0.2, -0.15) is 16.6 Å². The Morgan fingerprint density at radius 3 is 2.60 bits per heavy atom. The van der Waals surface area contributed by atoms with E-state index in [1.54, 1.807) is 29.8 Å². The predicted molar refractivity (Wildman–Crippen MR) is 82.0 cm³/mol. The molecule has 2 heterocycles. The summed E-state index contributed by atoms with van der Waals surface area (Å²) >= 11 is 1.69. The van der Waals surface area contributed by atoms with Gasteiger partial charge in [0, 0.05) is 18.1 Å². The molecular formula is C16H11N3S. The maximum absolute atomic E-state index is 9.04. The Kier molecular flexibility index (Phi) is 3.44. The lowest BCUT2D eigenvalue weighted by Crippen LogP contribution is -1.94. The zero-order valence-corrected chi connectivity index (χ0v) is 11.4. The molecule has 0 saturated heterocycles. The second-order valence-electron chi connectivity index (χ2n) is 4.25. The number of hydrogen-bond donors (Lipinski definition) is 1. The van der Waals surface area contributed by atoms with Gasteiger partial charge in [-0.1, -0.05) is 12.1 Å². The minimum atomic E-state index is 0.536. The molecule has 0 bridgehead atoms. The fourth-order valence-corrected chi connectivity index (χ4v) is 2.59. The highest BCUT2D eigenvalue weighted by Crippen LogP contribution is 2.25. The number of pyridine rings is 1. The van der Waals surface area contributed by atoms with Crippen molar-refractivity contribution in [3.05, 3.63) is 65.1 Å². The molecule has 0 radical (unpaired) electrons. The molecule has 0 aliphatic carbocycles. The van der Waals surface area contributed by atoms with Crippen molar-refractivity contribution < 1.29 is 0 Å². The highest BCUT2D eigenvalue weighted by atomic mass is 32.1. The van der Waals surface area contributed by atoms with Crippen LogP contribution in [0.1, 0.15) is 5.56 Å². The number of benzene rings is 1. The first kappa shape index (κ1) is 12.4. The van der Waals surface area contributed by atoms with Crippen LogP contribution in [-0.2, 0) is 0 Å². The molecule has 1 N–H and O–H groups in total. The largest absolute Gasteiger partial charge is 0.354 e. The second kappa shape index (κ2) is 5.55. The van der Waals surface area contributed by atoms with E-state index in [-0.39, 0.29) is 0 Å². The second-order valence-corrected chi connectivity index (χ2v) is 5.03. The summed E-state index contributed by atoms with van der Waals surface area (Å²) in [5, 5.41) is 16.5. The first-order valence-electron chi connectivity index (χ1n) is 6.10. The number of nitriles is 1. The van der Waals surface area contributed by atoms with Crippen LogP contribution in [-0.4, -0.2) is 4.98 Å². The molecule has 0 atom stereocenters. The Morgan fingerprint density at radius 2 is 1.90 bits per heavy atom. The lowest BCUT2D eigenvalue weighted by atomic mass is 10.1. The topological polar surface area (TPSA) is 48.7 Å². The van der Waals surface area contributed by atoms with Crippen LogP contribution >= 0.6 is 11.3 Å². The number of rotatable bonds is 3. The molecule has 3 aromatic rings. The number of aromatic nitrogens is 1. The van der Waals surface area contributed by atoms with Crippen LogP contribution in [0.4, 0.5) is 11.4 Å². The van der Waals surface area contributed by atoms with Crippen LogP contribution in [0, 0.1) is 11.3 Å². The van der Waals surface area contributed by atoms with Crippen molar-refractivity contribution >= 4 is 22.7 Å². The number of nitrogens with zero attached hydrogens (tertiary/aromatic N) is 2. The average Bonchev–Trinajstić information content (AvgIpc) is 3.03. The summed E-state index contributed by atoms with van der Waals surface area (Å²) in [6.45, 7) is 0. The van der Waals surface area contributed by atoms with Gasteiger partial charge in [-0.25, -0.2) is 0 Å². The molecule has 0 amide bonds. The van der Waals surface area contributed by atoms with E-state index >= 15 is 0 Å². The summed E-state index contributed by atoms with van der Waals surface area (Å²) in [5.41, 5.74) is 4.67. The highest BCUT2D eigenvalue weighted by molar-refractivity contribution is 7.08. The van der Waals surface area contributed by atoms with Gasteiger partial charge in [0.1, 0.15) is 6.07 Å². The van der Waals surface area contributed by atoms with E-state index in [4.69, 9.17) is 5.26 Å². The van der Waals surface area contributed by atoms with Crippen molar-refractivity contribution in [1.82, 2.24) is 4.98 Å². The van der Waals surface area contributed by atoms with Crippen LogP contribution in [0.2, 0.25) is 0 Å². The molecule has 1 aromatic carbocycles. The zero-order chi connectivity index (χ0) is 13.8. The molecule has 0 aliphatic heterocycles. The number of thiophene rings is 1. The third kappa shape index (κ3) is 2.53. The van der Waals surface area contributed by atoms with Gasteiger partial charge < -0.3 is 5.32 Å². The van der Waals surface area contributed by atoms with Crippen molar-refractivity contribution in [2.24, 2.45) is 0 Å². The quantitative estimate of drug-likeness (QED) is 0.770. The molecule has 3 nitrogen and oxygen atoms in total. The van der Waals surface area contributed by atoms with Crippen molar-refractivity contribution in [3.63, 3.8) is 0 Å². The third-order valence-corrected chi connectivity index (χ3v) is 3.64. The van der Waals surface area contributed by atoms with Gasteiger partial charge in [0.25, 0.3) is 0 Å². The summed E-state index contributed by atoms with van der Waals surface area (Å²) in [6, 6.07) is 14.2. The van der Waals surface area contributed by atoms with Gasteiger partial charge in [-0.3, -0.25) is 4.98 Å². The van der Waals surface area contributed by atoms with Gasteiger partial charge in [-0.05, 0) is 46.2 Å². The molecule has 0 fully saturated rings. The summed E-state index contributed by atoms with van der Waals surface area (Å²) in [4.78, 5) is 3.94. The molecule has 2 aromatic heterocycles. The van der Waals surface area contributed by atoms with Crippen molar-refractivity contribution in [2.75, 3.05) is 5.32 Å². The molecule has 0 saturated carbocycles. The van der Waals surface area contributed by atoms with Crippen LogP contribution in [0.15, 0.2) is 59.6 Å². The van der Waals surface area contributed by atoms with Gasteiger partial charge in [0.2, 0.25) is 0 Å². The minimum absolute atomic E-state index is 0.536. The Morgan fingerprint density at radius 1 is 1.05 bits per heavy atom. The van der Waals surface area contributed by atoms with Crippen molar-refractivity contribution in [3.8, 4) is 17.2 Å². The van der Waals surface area contributed by atoms with E-state index in [2.05, 4.69) is 45.3 Å². The van der Waals surface area contributed by atoms with E-state index in [0.717, 1.165) is 11.4 Å². The van der Waals surface area contributed by atoms with Crippen LogP contribution < -0.4 is 5.32 Å². The zero-order valence-electron chi connectivity index (χ0n) is 10.6. The number of hydrogen-bond acceptors (Lipinski definition) is 4. The normalized spacial score (nSPS) is 9.95. The standard InChI is InChI=1S/C16H11N3S/c17-9-14-10-18-7-5-16(14)19-15-3-1-12(2-4-15)13-6-8-20-11-13/h1-8,10-11H,(H,18,19).